The van der Waals surface area contributed by atoms with Gasteiger partial charge in [0.2, 0.25) is 27.4 Å². The van der Waals surface area contributed by atoms with Crippen molar-refractivity contribution in [1.29, 1.82) is 0 Å². The van der Waals surface area contributed by atoms with Gasteiger partial charge in [-0.05, 0) is 42.8 Å². The van der Waals surface area contributed by atoms with Crippen molar-refractivity contribution in [1.82, 2.24) is 19.7 Å². The third-order valence-electron chi connectivity index (χ3n) is 5.71. The smallest absolute Gasteiger partial charge is 0.229 e. The summed E-state index contributed by atoms with van der Waals surface area (Å²) >= 11 is 6.19. The van der Waals surface area contributed by atoms with E-state index in [-0.39, 0.29) is 33.7 Å². The van der Waals surface area contributed by atoms with Crippen LogP contribution in [0.5, 0.6) is 11.6 Å². The Balaban J connectivity index is 1.43. The van der Waals surface area contributed by atoms with Gasteiger partial charge >= 0.3 is 0 Å². The van der Waals surface area contributed by atoms with Gasteiger partial charge < -0.3 is 15.5 Å². The van der Waals surface area contributed by atoms with Crippen LogP contribution in [0.25, 0.3) is 16.6 Å². The van der Waals surface area contributed by atoms with E-state index >= 15 is 0 Å². The van der Waals surface area contributed by atoms with Crippen LogP contribution in [0.1, 0.15) is 21.6 Å². The fraction of sp³-hybridized carbons (Fsp3) is 0.0800. The quantitative estimate of drug-likeness (QED) is 0.234. The number of ether oxygens (including phenoxy) is 1. The molecule has 0 fully saturated rings. The number of nitrogen functional groups attached to an aromatic ring is 1. The van der Waals surface area contributed by atoms with Crippen LogP contribution in [-0.2, 0) is 10.0 Å². The molecule has 0 aliphatic carbocycles. The number of fused-ring (bicyclic) bond motifs is 1. The van der Waals surface area contributed by atoms with Gasteiger partial charge in [-0.1, -0.05) is 17.7 Å². The number of para-hydroxylation sites is 1. The van der Waals surface area contributed by atoms with Gasteiger partial charge in [0, 0.05) is 17.0 Å². The zero-order valence-electron chi connectivity index (χ0n) is 20.3. The van der Waals surface area contributed by atoms with Crippen molar-refractivity contribution in [2.75, 3.05) is 16.7 Å². The summed E-state index contributed by atoms with van der Waals surface area (Å²) in [5.41, 5.74) is 8.13. The maximum atomic E-state index is 13.9. The third-order valence-corrected chi connectivity index (χ3v) is 6.61. The Hall–Kier alpha value is -4.49. The Kier molecular flexibility index (Phi) is 6.48. The average Bonchev–Trinajstić information content (AvgIpc) is 3.44. The Morgan fingerprint density at radius 3 is 2.54 bits per heavy atom. The van der Waals surface area contributed by atoms with Crippen molar-refractivity contribution in [2.24, 2.45) is 0 Å². The fourth-order valence-electron chi connectivity index (χ4n) is 3.91. The number of H-pyrrole nitrogens is 1. The maximum absolute atomic E-state index is 13.9. The van der Waals surface area contributed by atoms with Crippen molar-refractivity contribution in [3.05, 3.63) is 88.3 Å². The molecule has 14 heteroatoms. The number of anilines is 2. The van der Waals surface area contributed by atoms with Crippen molar-refractivity contribution in [3.8, 4) is 17.3 Å². The molecule has 2 aromatic carbocycles. The SMILES string of the molecule is Cc1cc(Oc2c(F)cccc2F)ncc1-n1ncc(C(=O)c2cc3cc(Cl)c(NS(C)(=O)=O)cc3[nH]2)c1N. The maximum Gasteiger partial charge on any atom is 0.229 e. The van der Waals surface area contributed by atoms with Gasteiger partial charge in [-0.25, -0.2) is 26.9 Å². The van der Waals surface area contributed by atoms with Crippen LogP contribution in [0, 0.1) is 18.6 Å². The summed E-state index contributed by atoms with van der Waals surface area (Å²) < 4.78 is 60.0. The molecule has 0 atom stereocenters. The first-order valence-electron chi connectivity index (χ1n) is 11.2. The van der Waals surface area contributed by atoms with Gasteiger partial charge in [0.1, 0.15) is 5.82 Å². The molecule has 39 heavy (non-hydrogen) atoms. The number of benzene rings is 2. The van der Waals surface area contributed by atoms with Crippen molar-refractivity contribution in [2.45, 2.75) is 6.92 Å². The summed E-state index contributed by atoms with van der Waals surface area (Å²) in [5.74, 6) is -2.83. The highest BCUT2D eigenvalue weighted by Crippen LogP contribution is 2.31. The van der Waals surface area contributed by atoms with Gasteiger partial charge in [0.25, 0.3) is 0 Å². The number of nitrogens with two attached hydrogens (primary N) is 1. The van der Waals surface area contributed by atoms with E-state index in [0.717, 1.165) is 18.4 Å². The summed E-state index contributed by atoms with van der Waals surface area (Å²) in [5, 5.41) is 4.95. The molecule has 200 valence electrons. The van der Waals surface area contributed by atoms with Crippen LogP contribution < -0.4 is 15.2 Å². The molecule has 5 aromatic rings. The number of ketones is 1. The number of carbonyl (C=O) groups is 1. The zero-order chi connectivity index (χ0) is 28.1. The number of nitrogens with one attached hydrogen (secondary N) is 2. The Labute approximate surface area is 225 Å². The van der Waals surface area contributed by atoms with E-state index in [2.05, 4.69) is 19.8 Å². The molecule has 0 amide bonds. The summed E-state index contributed by atoms with van der Waals surface area (Å²) in [4.78, 5) is 20.3. The second-order valence-corrected chi connectivity index (χ2v) is 10.8. The number of sulfonamides is 1. The van der Waals surface area contributed by atoms with Crippen LogP contribution >= 0.6 is 11.6 Å². The van der Waals surface area contributed by atoms with Gasteiger partial charge in [-0.15, -0.1) is 0 Å². The molecule has 5 rings (SSSR count). The normalized spacial score (nSPS) is 11.6. The third kappa shape index (κ3) is 5.13. The van der Waals surface area contributed by atoms with E-state index in [1.54, 1.807) is 13.0 Å². The van der Waals surface area contributed by atoms with Crippen LogP contribution in [0.3, 0.4) is 0 Å². The number of hydrogen-bond acceptors (Lipinski definition) is 7. The minimum atomic E-state index is -3.57. The number of carbonyl (C=O) groups excluding carboxylic acids is 1. The number of aromatic amines is 1. The monoisotopic (exact) mass is 572 g/mol. The molecule has 0 aliphatic heterocycles. The molecule has 3 heterocycles. The Morgan fingerprint density at radius 1 is 1.15 bits per heavy atom. The molecular weight excluding hydrogens is 554 g/mol. The molecule has 0 bridgehead atoms. The van der Waals surface area contributed by atoms with E-state index < -0.39 is 33.2 Å². The van der Waals surface area contributed by atoms with Crippen LogP contribution in [0.15, 0.2) is 54.9 Å². The minimum absolute atomic E-state index is 0.0230. The summed E-state index contributed by atoms with van der Waals surface area (Å²) in [6.07, 6.45) is 3.64. The zero-order valence-corrected chi connectivity index (χ0v) is 21.9. The van der Waals surface area contributed by atoms with Crippen molar-refractivity contribution < 1.29 is 26.7 Å². The van der Waals surface area contributed by atoms with Crippen molar-refractivity contribution >= 4 is 49.8 Å². The molecular formula is C25H19ClF2N6O4S. The van der Waals surface area contributed by atoms with Crippen LogP contribution in [0.2, 0.25) is 5.02 Å². The van der Waals surface area contributed by atoms with Crippen LogP contribution in [-0.4, -0.2) is 40.2 Å². The topological polar surface area (TPSA) is 145 Å². The highest BCUT2D eigenvalue weighted by Gasteiger charge is 2.22. The molecule has 0 spiro atoms. The number of hydrogen-bond donors (Lipinski definition) is 3. The molecule has 4 N–H and O–H groups in total. The number of pyridine rings is 1. The molecule has 0 saturated carbocycles. The molecule has 0 saturated heterocycles. The molecule has 3 aromatic heterocycles. The second kappa shape index (κ2) is 9.67. The summed E-state index contributed by atoms with van der Waals surface area (Å²) in [6.45, 7) is 1.69. The average molecular weight is 573 g/mol. The standard InChI is InChI=1S/C25H19ClF2N6O4S/c1-12-6-22(38-24-16(27)4-3-5-17(24)28)30-11-21(12)34-25(29)14(10-31-34)23(35)20-8-13-7-15(26)19(9-18(13)32-20)33-39(2,36)37/h3-11,32-33H,29H2,1-2H3. The number of aryl methyl sites for hydroxylation is 1. The predicted molar refractivity (Wildman–Crippen MR) is 142 cm³/mol. The lowest BCUT2D eigenvalue weighted by atomic mass is 10.1. The fourth-order valence-corrected chi connectivity index (χ4v) is 4.75. The lowest BCUT2D eigenvalue weighted by molar-refractivity contribution is 0.103. The molecule has 0 radical (unpaired) electrons. The first-order chi connectivity index (χ1) is 18.4. The van der Waals surface area contributed by atoms with Gasteiger partial charge in [-0.3, -0.25) is 9.52 Å². The molecule has 0 unspecified atom stereocenters. The Morgan fingerprint density at radius 2 is 1.87 bits per heavy atom. The summed E-state index contributed by atoms with van der Waals surface area (Å²) in [7, 11) is -3.57. The number of halogens is 3. The predicted octanol–water partition coefficient (Wildman–Crippen LogP) is 4.97. The Bertz CT molecular complexity index is 1870. The first kappa shape index (κ1) is 26.1. The first-order valence-corrected chi connectivity index (χ1v) is 13.5. The van der Waals surface area contributed by atoms with E-state index in [0.29, 0.717) is 22.2 Å². The van der Waals surface area contributed by atoms with Gasteiger partial charge in [-0.2, -0.15) is 5.10 Å². The summed E-state index contributed by atoms with van der Waals surface area (Å²) in [6, 6.07) is 9.37. The second-order valence-electron chi connectivity index (χ2n) is 8.62. The molecule has 0 aliphatic rings. The van der Waals surface area contributed by atoms with E-state index in [4.69, 9.17) is 22.1 Å². The lowest BCUT2D eigenvalue weighted by Crippen LogP contribution is -2.09. The number of rotatable bonds is 7. The number of aromatic nitrogens is 4. The van der Waals surface area contributed by atoms with Gasteiger partial charge in [0.05, 0.1) is 46.3 Å². The van der Waals surface area contributed by atoms with E-state index in [9.17, 15) is 22.0 Å². The minimum Gasteiger partial charge on any atom is -0.433 e. The van der Waals surface area contributed by atoms with E-state index in [1.165, 1.54) is 41.3 Å². The van der Waals surface area contributed by atoms with Crippen LogP contribution in [0.4, 0.5) is 20.3 Å². The lowest BCUT2D eigenvalue weighted by Gasteiger charge is -2.11. The highest BCUT2D eigenvalue weighted by atomic mass is 35.5. The highest BCUT2D eigenvalue weighted by molar-refractivity contribution is 7.92. The number of nitrogens with zero attached hydrogens (tertiary/aromatic N) is 3. The largest absolute Gasteiger partial charge is 0.433 e. The van der Waals surface area contributed by atoms with Gasteiger partial charge in [0.15, 0.2) is 11.6 Å². The van der Waals surface area contributed by atoms with Crippen molar-refractivity contribution in [3.63, 3.8) is 0 Å². The molecule has 10 nitrogen and oxygen atoms in total. The van der Waals surface area contributed by atoms with E-state index in [1.807, 2.05) is 0 Å².